The smallest absolute Gasteiger partial charge is 0.258 e. The van der Waals surface area contributed by atoms with Gasteiger partial charge in [-0.15, -0.1) is 0 Å². The lowest BCUT2D eigenvalue weighted by Crippen LogP contribution is -2.47. The number of thiocarbonyl (C=S) groups is 1. The molecule has 5 nitrogen and oxygen atoms in total. The molecule has 0 fully saturated rings. The minimum absolute atomic E-state index is 0.205. The summed E-state index contributed by atoms with van der Waals surface area (Å²) in [7, 11) is 0. The van der Waals surface area contributed by atoms with Crippen LogP contribution in [-0.4, -0.2) is 26.7 Å². The number of allylic oxidation sites excluding steroid dienone is 1. The average Bonchev–Trinajstić information content (AvgIpc) is 3.21. The Morgan fingerprint density at radius 2 is 1.83 bits per heavy atom. The Bertz CT molecular complexity index is 1080. The zero-order valence-corrected chi connectivity index (χ0v) is 17.9. The van der Waals surface area contributed by atoms with Crippen molar-refractivity contribution >= 4 is 22.9 Å². The summed E-state index contributed by atoms with van der Waals surface area (Å²) in [5.41, 5.74) is 3.62. The van der Waals surface area contributed by atoms with E-state index in [9.17, 15) is 4.39 Å². The van der Waals surface area contributed by atoms with Crippen molar-refractivity contribution in [3.05, 3.63) is 77.6 Å². The van der Waals surface area contributed by atoms with Crippen molar-refractivity contribution < 1.29 is 8.91 Å². The van der Waals surface area contributed by atoms with Gasteiger partial charge in [0, 0.05) is 17.8 Å². The first-order valence-electron chi connectivity index (χ1n) is 9.88. The van der Waals surface area contributed by atoms with Crippen LogP contribution in [0.15, 0.2) is 64.8 Å². The van der Waals surface area contributed by atoms with E-state index in [1.54, 1.807) is 12.1 Å². The zero-order valence-electron chi connectivity index (χ0n) is 17.1. The molecular formula is C23H23FN4OS. The molecule has 1 atom stereocenters. The number of hydrogen-bond acceptors (Lipinski definition) is 4. The van der Waals surface area contributed by atoms with Crippen LogP contribution in [0, 0.1) is 11.7 Å². The molecule has 1 aromatic heterocycles. The molecule has 4 rings (SSSR count). The highest BCUT2D eigenvalue weighted by molar-refractivity contribution is 7.80. The van der Waals surface area contributed by atoms with E-state index in [2.05, 4.69) is 34.2 Å². The largest absolute Gasteiger partial charge is 0.351 e. The maximum atomic E-state index is 13.3. The summed E-state index contributed by atoms with van der Waals surface area (Å²) < 4.78 is 19.0. The van der Waals surface area contributed by atoms with Crippen molar-refractivity contribution in [2.24, 2.45) is 5.92 Å². The SMILES string of the molecule is CC1=C(c2nc(-c3ccc(F)cc3)no2)C(c2ccccc2)NC(=S)N1CC(C)C. The lowest BCUT2D eigenvalue weighted by molar-refractivity contribution is 0.386. The van der Waals surface area contributed by atoms with Crippen molar-refractivity contribution in [2.45, 2.75) is 26.8 Å². The Hall–Kier alpha value is -3.06. The van der Waals surface area contributed by atoms with E-state index in [0.29, 0.717) is 28.3 Å². The first kappa shape index (κ1) is 20.2. The Morgan fingerprint density at radius 3 is 2.50 bits per heavy atom. The molecule has 0 saturated carbocycles. The van der Waals surface area contributed by atoms with Gasteiger partial charge in [0.05, 0.1) is 11.6 Å². The fourth-order valence-corrected chi connectivity index (χ4v) is 3.92. The first-order valence-corrected chi connectivity index (χ1v) is 10.3. The van der Waals surface area contributed by atoms with Crippen molar-refractivity contribution in [1.29, 1.82) is 0 Å². The van der Waals surface area contributed by atoms with Gasteiger partial charge in [0.2, 0.25) is 5.82 Å². The van der Waals surface area contributed by atoms with Crippen LogP contribution < -0.4 is 5.32 Å². The van der Waals surface area contributed by atoms with E-state index in [1.807, 2.05) is 37.3 Å². The molecule has 0 amide bonds. The maximum absolute atomic E-state index is 13.3. The fourth-order valence-electron chi connectivity index (χ4n) is 3.59. The number of rotatable bonds is 5. The molecule has 1 N–H and O–H groups in total. The summed E-state index contributed by atoms with van der Waals surface area (Å²) in [5, 5.41) is 8.26. The molecule has 3 aromatic rings. The third kappa shape index (κ3) is 3.98. The number of hydrogen-bond donors (Lipinski definition) is 1. The molecule has 0 saturated heterocycles. The molecule has 30 heavy (non-hydrogen) atoms. The molecule has 154 valence electrons. The predicted molar refractivity (Wildman–Crippen MR) is 119 cm³/mol. The number of nitrogens with zero attached hydrogens (tertiary/aromatic N) is 3. The van der Waals surface area contributed by atoms with E-state index in [0.717, 1.165) is 23.4 Å². The van der Waals surface area contributed by atoms with Crippen LogP contribution >= 0.6 is 12.2 Å². The summed E-state index contributed by atoms with van der Waals surface area (Å²) >= 11 is 5.68. The maximum Gasteiger partial charge on any atom is 0.258 e. The zero-order chi connectivity index (χ0) is 21.3. The number of aromatic nitrogens is 2. The molecule has 0 radical (unpaired) electrons. The monoisotopic (exact) mass is 422 g/mol. The van der Waals surface area contributed by atoms with Crippen molar-refractivity contribution in [3.8, 4) is 11.4 Å². The number of halogens is 1. The summed E-state index contributed by atoms with van der Waals surface area (Å²) in [6.07, 6.45) is 0. The van der Waals surface area contributed by atoms with Crippen LogP contribution in [0.3, 0.4) is 0 Å². The Kier molecular flexibility index (Phi) is 5.63. The Morgan fingerprint density at radius 1 is 1.13 bits per heavy atom. The highest BCUT2D eigenvalue weighted by Crippen LogP contribution is 2.37. The van der Waals surface area contributed by atoms with Crippen molar-refractivity contribution in [3.63, 3.8) is 0 Å². The van der Waals surface area contributed by atoms with Crippen molar-refractivity contribution in [1.82, 2.24) is 20.4 Å². The molecule has 0 spiro atoms. The fraction of sp³-hybridized carbons (Fsp3) is 0.261. The topological polar surface area (TPSA) is 54.2 Å². The second kappa shape index (κ2) is 8.36. The van der Waals surface area contributed by atoms with Gasteiger partial charge in [-0.25, -0.2) is 4.39 Å². The van der Waals surface area contributed by atoms with Gasteiger partial charge in [-0.3, -0.25) is 0 Å². The summed E-state index contributed by atoms with van der Waals surface area (Å²) in [6.45, 7) is 7.11. The minimum atomic E-state index is -0.306. The van der Waals surface area contributed by atoms with Crippen LogP contribution in [0.1, 0.15) is 38.3 Å². The predicted octanol–water partition coefficient (Wildman–Crippen LogP) is 5.19. The third-order valence-corrected chi connectivity index (χ3v) is 5.37. The lowest BCUT2D eigenvalue weighted by atomic mass is 9.94. The average molecular weight is 423 g/mol. The normalized spacial score (nSPS) is 16.9. The standard InChI is InChI=1S/C23H23FN4OS/c1-14(2)13-28-15(3)19(20(25-23(28)30)16-7-5-4-6-8-16)22-26-21(27-29-22)17-9-11-18(24)12-10-17/h4-12,14,20H,13H2,1-3H3,(H,25,30). The molecule has 1 unspecified atom stereocenters. The van der Waals surface area contributed by atoms with Crippen molar-refractivity contribution in [2.75, 3.05) is 6.54 Å². The minimum Gasteiger partial charge on any atom is -0.351 e. The van der Waals surface area contributed by atoms with Gasteiger partial charge < -0.3 is 14.7 Å². The Labute approximate surface area is 180 Å². The number of nitrogens with one attached hydrogen (secondary N) is 1. The van der Waals surface area contributed by atoms with Crippen LogP contribution in [0.25, 0.3) is 17.0 Å². The van der Waals surface area contributed by atoms with E-state index in [4.69, 9.17) is 16.7 Å². The Balaban J connectivity index is 1.80. The van der Waals surface area contributed by atoms with Gasteiger partial charge in [0.15, 0.2) is 5.11 Å². The third-order valence-electron chi connectivity index (χ3n) is 5.04. The quantitative estimate of drug-likeness (QED) is 0.571. The highest BCUT2D eigenvalue weighted by Gasteiger charge is 2.34. The van der Waals surface area contributed by atoms with Gasteiger partial charge in [-0.2, -0.15) is 4.98 Å². The molecule has 1 aliphatic rings. The molecular weight excluding hydrogens is 399 g/mol. The lowest BCUT2D eigenvalue weighted by Gasteiger charge is -2.38. The van der Waals surface area contributed by atoms with Gasteiger partial charge in [0.25, 0.3) is 5.89 Å². The van der Waals surface area contributed by atoms with Gasteiger partial charge in [-0.05, 0) is 54.9 Å². The number of benzene rings is 2. The second-order valence-electron chi connectivity index (χ2n) is 7.73. The van der Waals surface area contributed by atoms with Crippen LogP contribution in [0.5, 0.6) is 0 Å². The molecule has 0 bridgehead atoms. The molecule has 2 heterocycles. The van der Waals surface area contributed by atoms with Crippen LogP contribution in [-0.2, 0) is 0 Å². The summed E-state index contributed by atoms with van der Waals surface area (Å²) in [5.74, 6) is 0.955. The molecule has 2 aromatic carbocycles. The van der Waals surface area contributed by atoms with Crippen LogP contribution in [0.4, 0.5) is 4.39 Å². The molecule has 1 aliphatic heterocycles. The van der Waals surface area contributed by atoms with E-state index in [-0.39, 0.29) is 11.9 Å². The summed E-state index contributed by atoms with van der Waals surface area (Å²) in [4.78, 5) is 6.71. The van der Waals surface area contributed by atoms with Crippen LogP contribution in [0.2, 0.25) is 0 Å². The van der Waals surface area contributed by atoms with Gasteiger partial charge >= 0.3 is 0 Å². The second-order valence-corrected chi connectivity index (χ2v) is 8.11. The van der Waals surface area contributed by atoms with Gasteiger partial charge in [0.1, 0.15) is 5.82 Å². The first-order chi connectivity index (χ1) is 14.4. The van der Waals surface area contributed by atoms with Gasteiger partial charge in [-0.1, -0.05) is 49.3 Å². The summed E-state index contributed by atoms with van der Waals surface area (Å²) in [6, 6.07) is 15.9. The highest BCUT2D eigenvalue weighted by atomic mass is 32.1. The van der Waals surface area contributed by atoms with E-state index in [1.165, 1.54) is 12.1 Å². The molecule has 0 aliphatic carbocycles. The molecule has 7 heteroatoms. The van der Waals surface area contributed by atoms with E-state index >= 15 is 0 Å². The van der Waals surface area contributed by atoms with E-state index < -0.39 is 0 Å².